The van der Waals surface area contributed by atoms with Gasteiger partial charge in [0.05, 0.1) is 17.5 Å². The van der Waals surface area contributed by atoms with E-state index in [-0.39, 0.29) is 6.04 Å². The van der Waals surface area contributed by atoms with E-state index >= 15 is 0 Å². The van der Waals surface area contributed by atoms with Gasteiger partial charge in [-0.05, 0) is 47.1 Å². The van der Waals surface area contributed by atoms with Crippen molar-refractivity contribution in [1.29, 1.82) is 0 Å². The first-order valence-electron chi connectivity index (χ1n) is 6.55. The van der Waals surface area contributed by atoms with Gasteiger partial charge in [-0.25, -0.2) is 0 Å². The van der Waals surface area contributed by atoms with Crippen molar-refractivity contribution in [3.63, 3.8) is 0 Å². The Morgan fingerprint density at radius 2 is 2.20 bits per heavy atom. The molecule has 3 nitrogen and oxygen atoms in total. The average Bonchev–Trinajstić information content (AvgIpc) is 2.91. The maximum Gasteiger partial charge on any atom is 0.105 e. The third kappa shape index (κ3) is 2.85. The molecule has 0 fully saturated rings. The van der Waals surface area contributed by atoms with Gasteiger partial charge < -0.3 is 9.73 Å². The number of nitrogens with one attached hydrogen (secondary N) is 1. The molecule has 3 rings (SSSR count). The van der Waals surface area contributed by atoms with E-state index in [0.717, 1.165) is 33.2 Å². The molecule has 20 heavy (non-hydrogen) atoms. The molecule has 0 saturated heterocycles. The Balaban J connectivity index is 1.83. The molecule has 0 aliphatic carbocycles. The lowest BCUT2D eigenvalue weighted by Gasteiger charge is -2.15. The van der Waals surface area contributed by atoms with Crippen molar-refractivity contribution in [3.8, 4) is 0 Å². The summed E-state index contributed by atoms with van der Waals surface area (Å²) in [6.45, 7) is 2.14. The molecule has 1 atom stereocenters. The highest BCUT2D eigenvalue weighted by molar-refractivity contribution is 9.10. The molecular weight excluding hydrogens is 316 g/mol. The van der Waals surface area contributed by atoms with E-state index in [2.05, 4.69) is 51.4 Å². The number of furan rings is 1. The SMILES string of the molecule is CC(Cc1ccco1)Nc1cccc2cc(Br)cnc12. The van der Waals surface area contributed by atoms with Crippen LogP contribution in [0.25, 0.3) is 10.9 Å². The maximum absolute atomic E-state index is 5.38. The van der Waals surface area contributed by atoms with Gasteiger partial charge in [-0.15, -0.1) is 0 Å². The second-order valence-electron chi connectivity index (χ2n) is 4.86. The number of hydrogen-bond acceptors (Lipinski definition) is 3. The summed E-state index contributed by atoms with van der Waals surface area (Å²) >= 11 is 3.45. The molecular formula is C16H15BrN2O. The highest BCUT2D eigenvalue weighted by Gasteiger charge is 2.08. The van der Waals surface area contributed by atoms with E-state index < -0.39 is 0 Å². The smallest absolute Gasteiger partial charge is 0.105 e. The predicted molar refractivity (Wildman–Crippen MR) is 84.9 cm³/mol. The minimum Gasteiger partial charge on any atom is -0.469 e. The summed E-state index contributed by atoms with van der Waals surface area (Å²) in [6.07, 6.45) is 4.38. The topological polar surface area (TPSA) is 38.1 Å². The zero-order valence-electron chi connectivity index (χ0n) is 11.1. The number of anilines is 1. The van der Waals surface area contributed by atoms with E-state index in [0.29, 0.717) is 0 Å². The van der Waals surface area contributed by atoms with Crippen molar-refractivity contribution < 1.29 is 4.42 Å². The lowest BCUT2D eigenvalue weighted by molar-refractivity contribution is 0.498. The number of halogens is 1. The van der Waals surface area contributed by atoms with E-state index in [1.54, 1.807) is 6.26 Å². The monoisotopic (exact) mass is 330 g/mol. The second-order valence-corrected chi connectivity index (χ2v) is 5.78. The molecule has 2 aromatic heterocycles. The summed E-state index contributed by atoms with van der Waals surface area (Å²) in [5.74, 6) is 0.987. The first-order valence-corrected chi connectivity index (χ1v) is 7.35. The van der Waals surface area contributed by atoms with Crippen LogP contribution in [0.2, 0.25) is 0 Å². The van der Waals surface area contributed by atoms with Crippen molar-refractivity contribution in [2.75, 3.05) is 5.32 Å². The average molecular weight is 331 g/mol. The molecule has 4 heteroatoms. The third-order valence-corrected chi connectivity index (χ3v) is 3.60. The first-order chi connectivity index (χ1) is 9.72. The number of fused-ring (bicyclic) bond motifs is 1. The van der Waals surface area contributed by atoms with Gasteiger partial charge in [0.25, 0.3) is 0 Å². The Morgan fingerprint density at radius 3 is 3.00 bits per heavy atom. The summed E-state index contributed by atoms with van der Waals surface area (Å²) < 4.78 is 6.37. The number of pyridine rings is 1. The van der Waals surface area contributed by atoms with Gasteiger partial charge in [0.1, 0.15) is 5.76 Å². The Kier molecular flexibility index (Phi) is 3.74. The van der Waals surface area contributed by atoms with Crippen molar-refractivity contribution >= 4 is 32.5 Å². The Morgan fingerprint density at radius 1 is 1.30 bits per heavy atom. The van der Waals surface area contributed by atoms with Crippen LogP contribution in [0.5, 0.6) is 0 Å². The molecule has 0 aliphatic rings. The van der Waals surface area contributed by atoms with Gasteiger partial charge in [-0.2, -0.15) is 0 Å². The van der Waals surface area contributed by atoms with Crippen molar-refractivity contribution in [3.05, 3.63) is 59.1 Å². The molecule has 1 unspecified atom stereocenters. The number of benzene rings is 1. The molecule has 0 saturated carbocycles. The molecule has 0 aliphatic heterocycles. The Bertz CT molecular complexity index is 710. The summed E-state index contributed by atoms with van der Waals surface area (Å²) in [5, 5.41) is 4.62. The maximum atomic E-state index is 5.38. The summed E-state index contributed by atoms with van der Waals surface area (Å²) in [4.78, 5) is 4.50. The van der Waals surface area contributed by atoms with E-state index in [4.69, 9.17) is 4.42 Å². The van der Waals surface area contributed by atoms with Crippen LogP contribution in [-0.2, 0) is 6.42 Å². The van der Waals surface area contributed by atoms with Crippen LogP contribution in [0.4, 0.5) is 5.69 Å². The first kappa shape index (κ1) is 13.2. The van der Waals surface area contributed by atoms with Gasteiger partial charge in [-0.3, -0.25) is 4.98 Å². The van der Waals surface area contributed by atoms with Crippen molar-refractivity contribution in [2.24, 2.45) is 0 Å². The predicted octanol–water partition coefficient (Wildman–Crippen LogP) is 4.63. The van der Waals surface area contributed by atoms with Gasteiger partial charge in [0.15, 0.2) is 0 Å². The highest BCUT2D eigenvalue weighted by Crippen LogP contribution is 2.24. The zero-order valence-corrected chi connectivity index (χ0v) is 12.7. The largest absolute Gasteiger partial charge is 0.469 e. The minimum atomic E-state index is 0.275. The van der Waals surface area contributed by atoms with Crippen LogP contribution in [0.1, 0.15) is 12.7 Å². The van der Waals surface area contributed by atoms with Crippen LogP contribution in [0.3, 0.4) is 0 Å². The van der Waals surface area contributed by atoms with Crippen molar-refractivity contribution in [1.82, 2.24) is 4.98 Å². The van der Waals surface area contributed by atoms with Gasteiger partial charge >= 0.3 is 0 Å². The minimum absolute atomic E-state index is 0.275. The number of hydrogen-bond donors (Lipinski definition) is 1. The molecule has 0 radical (unpaired) electrons. The van der Waals surface area contributed by atoms with Crippen LogP contribution in [0.15, 0.2) is 57.7 Å². The lowest BCUT2D eigenvalue weighted by Crippen LogP contribution is -2.18. The molecule has 1 aromatic carbocycles. The summed E-state index contributed by atoms with van der Waals surface area (Å²) in [5.41, 5.74) is 2.04. The fourth-order valence-electron chi connectivity index (χ4n) is 2.30. The zero-order chi connectivity index (χ0) is 13.9. The number of aromatic nitrogens is 1. The standard InChI is InChI=1S/C16H15BrN2O/c1-11(8-14-5-3-7-20-14)19-15-6-2-4-12-9-13(17)10-18-16(12)15/h2-7,9-11,19H,8H2,1H3. The fraction of sp³-hybridized carbons (Fsp3) is 0.188. The molecule has 2 heterocycles. The quantitative estimate of drug-likeness (QED) is 0.757. The van der Waals surface area contributed by atoms with Crippen LogP contribution in [-0.4, -0.2) is 11.0 Å². The molecule has 102 valence electrons. The van der Waals surface area contributed by atoms with Crippen molar-refractivity contribution in [2.45, 2.75) is 19.4 Å². The third-order valence-electron chi connectivity index (χ3n) is 3.17. The highest BCUT2D eigenvalue weighted by atomic mass is 79.9. The number of para-hydroxylation sites is 1. The van der Waals surface area contributed by atoms with Gasteiger partial charge in [-0.1, -0.05) is 12.1 Å². The molecule has 0 amide bonds. The summed E-state index contributed by atoms with van der Waals surface area (Å²) in [6, 6.07) is 12.4. The van der Waals surface area contributed by atoms with Crippen LogP contribution >= 0.6 is 15.9 Å². The number of nitrogens with zero attached hydrogens (tertiary/aromatic N) is 1. The van der Waals surface area contributed by atoms with Crippen LogP contribution in [0, 0.1) is 0 Å². The normalized spacial score (nSPS) is 12.5. The van der Waals surface area contributed by atoms with E-state index in [1.807, 2.05) is 24.4 Å². The van der Waals surface area contributed by atoms with E-state index in [9.17, 15) is 0 Å². The molecule has 3 aromatic rings. The molecule has 0 spiro atoms. The van der Waals surface area contributed by atoms with Gasteiger partial charge in [0, 0.05) is 28.5 Å². The fourth-order valence-corrected chi connectivity index (χ4v) is 2.65. The van der Waals surface area contributed by atoms with E-state index in [1.165, 1.54) is 0 Å². The molecule has 1 N–H and O–H groups in total. The number of rotatable bonds is 4. The Hall–Kier alpha value is -1.81. The van der Waals surface area contributed by atoms with Gasteiger partial charge in [0.2, 0.25) is 0 Å². The second kappa shape index (κ2) is 5.67. The van der Waals surface area contributed by atoms with Crippen LogP contribution < -0.4 is 5.32 Å². The summed E-state index contributed by atoms with van der Waals surface area (Å²) in [7, 11) is 0. The molecule has 0 bridgehead atoms. The Labute approximate surface area is 126 Å². The lowest BCUT2D eigenvalue weighted by atomic mass is 10.1.